The molecule has 4 aromatic carbocycles. The minimum atomic E-state index is -0.426. The Bertz CT molecular complexity index is 2570. The third-order valence-electron chi connectivity index (χ3n) is 11.1. The van der Waals surface area contributed by atoms with Gasteiger partial charge < -0.3 is 33.9 Å². The number of hydrogen-bond donors (Lipinski definition) is 1. The van der Waals surface area contributed by atoms with Crippen LogP contribution in [0, 0.1) is 0 Å². The molecule has 0 saturated heterocycles. The number of nitrogens with one attached hydrogen (secondary N) is 1. The molecule has 5 amide bonds. The highest BCUT2D eigenvalue weighted by Gasteiger charge is 2.35. The Hall–Kier alpha value is -6.74. The van der Waals surface area contributed by atoms with Gasteiger partial charge in [0.1, 0.15) is 6.61 Å². The van der Waals surface area contributed by atoms with E-state index in [-0.39, 0.29) is 50.6 Å². The Morgan fingerprint density at radius 2 is 1.40 bits per heavy atom. The van der Waals surface area contributed by atoms with Gasteiger partial charge in [-0.1, -0.05) is 30.3 Å². The van der Waals surface area contributed by atoms with Crippen molar-refractivity contribution >= 4 is 56.8 Å². The van der Waals surface area contributed by atoms with E-state index >= 15 is 0 Å². The fraction of sp³-hybridized carbons (Fsp3) is 0.298. The molecule has 0 aliphatic carbocycles. The van der Waals surface area contributed by atoms with Crippen LogP contribution in [-0.2, 0) is 19.0 Å². The van der Waals surface area contributed by atoms with Gasteiger partial charge >= 0.3 is 0 Å². The average molecular weight is 838 g/mol. The number of hydrogen-bond acceptors (Lipinski definition) is 11. The number of anilines is 1. The summed E-state index contributed by atoms with van der Waals surface area (Å²) in [5.74, 6) is -1.87. The summed E-state index contributed by atoms with van der Waals surface area (Å²) in [5, 5.41) is 6.10. The lowest BCUT2D eigenvalue weighted by Gasteiger charge is -2.31. The third-order valence-corrected chi connectivity index (χ3v) is 11.1. The lowest BCUT2D eigenvalue weighted by molar-refractivity contribution is -0.137. The van der Waals surface area contributed by atoms with Crippen LogP contribution >= 0.6 is 0 Å². The van der Waals surface area contributed by atoms with E-state index in [4.69, 9.17) is 14.2 Å². The van der Waals surface area contributed by atoms with E-state index in [0.29, 0.717) is 78.9 Å². The maximum Gasteiger partial charge on any atom is 0.261 e. The van der Waals surface area contributed by atoms with Crippen LogP contribution in [0.25, 0.3) is 27.2 Å². The van der Waals surface area contributed by atoms with Gasteiger partial charge in [0.15, 0.2) is 0 Å². The van der Waals surface area contributed by atoms with Crippen molar-refractivity contribution in [1.82, 2.24) is 29.6 Å². The molecule has 15 heteroatoms. The molecule has 0 fully saturated rings. The molecule has 0 radical (unpaired) electrons. The first kappa shape index (κ1) is 42.0. The normalized spacial score (nSPS) is 14.5. The summed E-state index contributed by atoms with van der Waals surface area (Å²) in [6.45, 7) is 2.46. The average Bonchev–Trinajstić information content (AvgIpc) is 3.70. The van der Waals surface area contributed by atoms with Gasteiger partial charge in [0, 0.05) is 102 Å². The Morgan fingerprint density at radius 3 is 2.10 bits per heavy atom. The molecule has 3 aliphatic rings. The first-order valence-corrected chi connectivity index (χ1v) is 20.7. The molecule has 318 valence electrons. The van der Waals surface area contributed by atoms with Gasteiger partial charge in [-0.2, -0.15) is 0 Å². The molecule has 5 aromatic rings. The van der Waals surface area contributed by atoms with E-state index in [1.807, 2.05) is 76.6 Å². The first-order chi connectivity index (χ1) is 30.4. The quantitative estimate of drug-likeness (QED) is 0.0643. The largest absolute Gasteiger partial charge is 0.382 e. The summed E-state index contributed by atoms with van der Waals surface area (Å²) < 4.78 is 17.9. The second-order valence-electron chi connectivity index (χ2n) is 14.9. The van der Waals surface area contributed by atoms with Gasteiger partial charge in [0.2, 0.25) is 5.91 Å². The highest BCUT2D eigenvalue weighted by molar-refractivity contribution is 6.27. The van der Waals surface area contributed by atoms with Crippen LogP contribution < -0.4 is 10.2 Å². The monoisotopic (exact) mass is 837 g/mol. The number of carbonyl (C=O) groups excluding carboxylic acids is 5. The summed E-state index contributed by atoms with van der Waals surface area (Å²) in [5.41, 5.74) is 6.56. The van der Waals surface area contributed by atoms with Crippen molar-refractivity contribution in [3.8, 4) is 5.69 Å². The number of methoxy groups -OCH3 is 1. The molecule has 15 nitrogen and oxygen atoms in total. The third kappa shape index (κ3) is 8.57. The molecule has 8 rings (SSSR count). The number of ether oxygens (including phenoxy) is 3. The van der Waals surface area contributed by atoms with E-state index < -0.39 is 11.8 Å². The number of allylic oxidation sites excluding steroid dienone is 2. The minimum Gasteiger partial charge on any atom is -0.382 e. The Morgan fingerprint density at radius 1 is 0.758 bits per heavy atom. The number of nitrogens with zero attached hydrogens (tertiary/aromatic N) is 6. The summed E-state index contributed by atoms with van der Waals surface area (Å²) >= 11 is 0. The van der Waals surface area contributed by atoms with Crippen LogP contribution in [0.4, 0.5) is 5.69 Å². The lowest BCUT2D eigenvalue weighted by Crippen LogP contribution is -2.47. The number of imidazole rings is 1. The van der Waals surface area contributed by atoms with Gasteiger partial charge in [-0.15, -0.1) is 5.73 Å². The fourth-order valence-corrected chi connectivity index (χ4v) is 8.06. The van der Waals surface area contributed by atoms with Crippen molar-refractivity contribution in [2.75, 3.05) is 84.3 Å². The second-order valence-corrected chi connectivity index (χ2v) is 14.9. The van der Waals surface area contributed by atoms with Crippen LogP contribution in [0.15, 0.2) is 110 Å². The maximum atomic E-state index is 14.0. The van der Waals surface area contributed by atoms with Crippen molar-refractivity contribution in [2.45, 2.75) is 12.8 Å². The molecule has 3 aliphatic heterocycles. The van der Waals surface area contributed by atoms with Crippen molar-refractivity contribution in [1.29, 1.82) is 0 Å². The van der Waals surface area contributed by atoms with Gasteiger partial charge in [0.25, 0.3) is 23.6 Å². The summed E-state index contributed by atoms with van der Waals surface area (Å²) in [6, 6.07) is 18.1. The standard InChI is InChI=1S/C47H47N7O8/c1-60-27-28-61-29-30-62-31-41(55)51(25-26-54-45(57)36-12-6-9-33-39(50-20-4-2-3-5-21-50)15-13-38(42(33)36)47(54)59)22-8-17-48-19-24-53-44(56)35-11-7-10-34-40(52-23-18-49-32-52)16-14-37(43(34)35)46(53)58/h2,5-7,9-16,18,20-21,23,32,48H,3,8,17,19,22,24-31H2,1H3. The van der Waals surface area contributed by atoms with Crippen LogP contribution in [0.1, 0.15) is 54.3 Å². The molecule has 4 heterocycles. The van der Waals surface area contributed by atoms with E-state index in [0.717, 1.165) is 28.6 Å². The van der Waals surface area contributed by atoms with Gasteiger partial charge in [-0.3, -0.25) is 33.8 Å². The van der Waals surface area contributed by atoms with Gasteiger partial charge in [0.05, 0.1) is 50.3 Å². The molecule has 0 bridgehead atoms. The van der Waals surface area contributed by atoms with Crippen molar-refractivity contribution in [2.24, 2.45) is 0 Å². The SMILES string of the molecule is COCCOCCOCC(=O)N(CCCNCCN1C(=O)c2cccc3c(-n4ccnc4)ccc(c23)C1=O)CCN1C(=O)c2cccc3c(N4C=C=CCC=C4)ccc(c23)C1=O. The fourth-order valence-electron chi connectivity index (χ4n) is 8.06. The summed E-state index contributed by atoms with van der Waals surface area (Å²) in [7, 11) is 1.59. The Kier molecular flexibility index (Phi) is 13.1. The number of rotatable bonds is 20. The molecule has 0 unspecified atom stereocenters. The predicted molar refractivity (Wildman–Crippen MR) is 232 cm³/mol. The molecular formula is C47H47N7O8. The summed E-state index contributed by atoms with van der Waals surface area (Å²) in [4.78, 5) is 79.0. The zero-order valence-corrected chi connectivity index (χ0v) is 34.5. The Labute approximate surface area is 358 Å². The topological polar surface area (TPSA) is 156 Å². The van der Waals surface area contributed by atoms with Gasteiger partial charge in [-0.05, 0) is 61.9 Å². The first-order valence-electron chi connectivity index (χ1n) is 20.7. The van der Waals surface area contributed by atoms with E-state index in [1.54, 1.807) is 48.8 Å². The molecular weight excluding hydrogens is 791 g/mol. The molecule has 0 spiro atoms. The minimum absolute atomic E-state index is 0.0197. The van der Waals surface area contributed by atoms with Crippen molar-refractivity contribution in [3.63, 3.8) is 0 Å². The Balaban J connectivity index is 0.894. The van der Waals surface area contributed by atoms with E-state index in [2.05, 4.69) is 16.0 Å². The second kappa shape index (κ2) is 19.3. The van der Waals surface area contributed by atoms with E-state index in [9.17, 15) is 24.0 Å². The van der Waals surface area contributed by atoms with Crippen LogP contribution in [-0.4, -0.2) is 133 Å². The highest BCUT2D eigenvalue weighted by atomic mass is 16.5. The molecule has 62 heavy (non-hydrogen) atoms. The molecule has 0 atom stereocenters. The van der Waals surface area contributed by atoms with Gasteiger partial charge in [-0.25, -0.2) is 4.98 Å². The molecule has 0 saturated carbocycles. The predicted octanol–water partition coefficient (Wildman–Crippen LogP) is 4.95. The number of aromatic nitrogens is 2. The van der Waals surface area contributed by atoms with E-state index in [1.165, 1.54) is 9.80 Å². The van der Waals surface area contributed by atoms with Crippen LogP contribution in [0.5, 0.6) is 0 Å². The maximum absolute atomic E-state index is 14.0. The van der Waals surface area contributed by atoms with Crippen LogP contribution in [0.3, 0.4) is 0 Å². The number of imide groups is 2. The number of carbonyl (C=O) groups is 5. The molecule has 1 aromatic heterocycles. The van der Waals surface area contributed by atoms with Crippen molar-refractivity contribution in [3.05, 3.63) is 132 Å². The zero-order chi connectivity index (χ0) is 43.0. The zero-order valence-electron chi connectivity index (χ0n) is 34.5. The number of benzene rings is 4. The number of amides is 5. The molecule has 1 N–H and O–H groups in total. The highest BCUT2D eigenvalue weighted by Crippen LogP contribution is 2.37. The van der Waals surface area contributed by atoms with Crippen LogP contribution in [0.2, 0.25) is 0 Å². The van der Waals surface area contributed by atoms with Crippen molar-refractivity contribution < 1.29 is 38.2 Å². The summed E-state index contributed by atoms with van der Waals surface area (Å²) in [6.07, 6.45) is 14.1. The lowest BCUT2D eigenvalue weighted by atomic mass is 9.92. The smallest absolute Gasteiger partial charge is 0.261 e.